The maximum absolute atomic E-state index is 5.61. The molecule has 3 nitrogen and oxygen atoms in total. The highest BCUT2D eigenvalue weighted by atomic mass is 35.5. The Balaban J connectivity index is 2.49. The summed E-state index contributed by atoms with van der Waals surface area (Å²) in [6, 6.07) is 5.99. The van der Waals surface area contributed by atoms with Crippen LogP contribution in [-0.4, -0.2) is 10.1 Å². The van der Waals surface area contributed by atoms with Crippen LogP contribution in [0, 0.1) is 13.8 Å². The number of nitrogens with zero attached hydrogens (tertiary/aromatic N) is 2. The molecule has 0 spiro atoms. The fourth-order valence-corrected chi connectivity index (χ4v) is 1.51. The number of hydrogen-bond acceptors (Lipinski definition) is 3. The molecule has 1 aromatic heterocycles. The third-order valence-corrected chi connectivity index (χ3v) is 2.66. The molecule has 0 saturated carbocycles. The van der Waals surface area contributed by atoms with Crippen molar-refractivity contribution in [3.8, 4) is 11.5 Å². The minimum atomic E-state index is 0.272. The Bertz CT molecular complexity index is 479. The molecular weight excluding hydrogens is 212 g/mol. The van der Waals surface area contributed by atoms with Gasteiger partial charge in [0.1, 0.15) is 0 Å². The van der Waals surface area contributed by atoms with Gasteiger partial charge in [0.05, 0.1) is 5.88 Å². The van der Waals surface area contributed by atoms with Crippen molar-refractivity contribution in [1.82, 2.24) is 10.1 Å². The lowest BCUT2D eigenvalue weighted by Gasteiger charge is -2.03. The molecule has 0 radical (unpaired) electrons. The third kappa shape index (κ3) is 1.88. The molecule has 0 aliphatic rings. The molecule has 0 bridgehead atoms. The van der Waals surface area contributed by atoms with Gasteiger partial charge in [-0.05, 0) is 31.0 Å². The summed E-state index contributed by atoms with van der Waals surface area (Å²) in [5.41, 5.74) is 3.33. The van der Waals surface area contributed by atoms with Crippen molar-refractivity contribution < 1.29 is 4.52 Å². The fourth-order valence-electron chi connectivity index (χ4n) is 1.40. The maximum atomic E-state index is 5.61. The molecule has 0 fully saturated rings. The lowest BCUT2D eigenvalue weighted by Crippen LogP contribution is -1.87. The van der Waals surface area contributed by atoms with Crippen molar-refractivity contribution in [2.75, 3.05) is 0 Å². The third-order valence-electron chi connectivity index (χ3n) is 2.42. The smallest absolute Gasteiger partial charge is 0.258 e. The molecule has 0 aliphatic carbocycles. The Morgan fingerprint density at radius 3 is 2.80 bits per heavy atom. The highest BCUT2D eigenvalue weighted by Crippen LogP contribution is 2.23. The molecule has 4 heteroatoms. The van der Waals surface area contributed by atoms with Crippen molar-refractivity contribution in [3.05, 3.63) is 35.2 Å². The molecule has 0 atom stereocenters. The highest BCUT2D eigenvalue weighted by Gasteiger charge is 2.10. The zero-order valence-corrected chi connectivity index (χ0v) is 9.38. The van der Waals surface area contributed by atoms with Gasteiger partial charge in [0.2, 0.25) is 0 Å². The zero-order valence-electron chi connectivity index (χ0n) is 8.62. The molecule has 2 rings (SSSR count). The Hall–Kier alpha value is -1.35. The van der Waals surface area contributed by atoms with Crippen LogP contribution in [0.1, 0.15) is 17.0 Å². The van der Waals surface area contributed by atoms with E-state index >= 15 is 0 Å². The van der Waals surface area contributed by atoms with Gasteiger partial charge in [0, 0.05) is 5.56 Å². The minimum Gasteiger partial charge on any atom is -0.334 e. The average Bonchev–Trinajstić information content (AvgIpc) is 2.70. The monoisotopic (exact) mass is 222 g/mol. The number of alkyl halides is 1. The number of benzene rings is 1. The second-order valence-corrected chi connectivity index (χ2v) is 3.66. The average molecular weight is 223 g/mol. The minimum absolute atomic E-state index is 0.272. The van der Waals surface area contributed by atoms with Crippen LogP contribution in [0.2, 0.25) is 0 Å². The van der Waals surface area contributed by atoms with Gasteiger partial charge in [-0.3, -0.25) is 0 Å². The van der Waals surface area contributed by atoms with E-state index in [1.165, 1.54) is 5.56 Å². The standard InChI is InChI=1S/C11H11ClN2O/c1-7-4-3-5-9(8(7)2)11-13-10(6-12)14-15-11/h3-5H,6H2,1-2H3. The number of hydrogen-bond donors (Lipinski definition) is 0. The van der Waals surface area contributed by atoms with Crippen LogP contribution in [0.3, 0.4) is 0 Å². The Kier molecular flexibility index (Phi) is 2.73. The largest absolute Gasteiger partial charge is 0.334 e. The molecular formula is C11H11ClN2O. The van der Waals surface area contributed by atoms with Gasteiger partial charge in [0.25, 0.3) is 5.89 Å². The van der Waals surface area contributed by atoms with Crippen LogP contribution in [-0.2, 0) is 5.88 Å². The summed E-state index contributed by atoms with van der Waals surface area (Å²) < 4.78 is 5.13. The van der Waals surface area contributed by atoms with E-state index in [0.717, 1.165) is 11.1 Å². The molecule has 1 heterocycles. The molecule has 0 N–H and O–H groups in total. The first-order valence-electron chi connectivity index (χ1n) is 4.67. The van der Waals surface area contributed by atoms with Crippen molar-refractivity contribution >= 4 is 11.6 Å². The summed E-state index contributed by atoms with van der Waals surface area (Å²) in [7, 11) is 0. The molecule has 0 unspecified atom stereocenters. The molecule has 15 heavy (non-hydrogen) atoms. The summed E-state index contributed by atoms with van der Waals surface area (Å²) in [6.07, 6.45) is 0. The molecule has 78 valence electrons. The number of rotatable bonds is 2. The summed E-state index contributed by atoms with van der Waals surface area (Å²) in [5.74, 6) is 1.33. The normalized spacial score (nSPS) is 10.6. The van der Waals surface area contributed by atoms with Crippen molar-refractivity contribution in [2.24, 2.45) is 0 Å². The van der Waals surface area contributed by atoms with Crippen LogP contribution >= 0.6 is 11.6 Å². The van der Waals surface area contributed by atoms with Gasteiger partial charge in [-0.2, -0.15) is 4.98 Å². The van der Waals surface area contributed by atoms with Crippen LogP contribution in [0.4, 0.5) is 0 Å². The van der Waals surface area contributed by atoms with Crippen LogP contribution in [0.5, 0.6) is 0 Å². The van der Waals surface area contributed by atoms with Crippen LogP contribution in [0.25, 0.3) is 11.5 Å². The quantitative estimate of drug-likeness (QED) is 0.733. The van der Waals surface area contributed by atoms with Gasteiger partial charge in [-0.1, -0.05) is 17.3 Å². The van der Waals surface area contributed by atoms with Gasteiger partial charge in [-0.15, -0.1) is 11.6 Å². The van der Waals surface area contributed by atoms with Crippen molar-refractivity contribution in [2.45, 2.75) is 19.7 Å². The van der Waals surface area contributed by atoms with Gasteiger partial charge < -0.3 is 4.52 Å². The SMILES string of the molecule is Cc1cccc(-c2nc(CCl)no2)c1C. The van der Waals surface area contributed by atoms with E-state index in [1.807, 2.05) is 19.1 Å². The molecule has 0 amide bonds. The van der Waals surface area contributed by atoms with E-state index in [0.29, 0.717) is 11.7 Å². The highest BCUT2D eigenvalue weighted by molar-refractivity contribution is 6.16. The first kappa shape index (κ1) is 10.2. The Morgan fingerprint density at radius 2 is 2.13 bits per heavy atom. The molecule has 0 saturated heterocycles. The summed E-state index contributed by atoms with van der Waals surface area (Å²) in [6.45, 7) is 4.09. The molecule has 0 aliphatic heterocycles. The Morgan fingerprint density at radius 1 is 1.33 bits per heavy atom. The van der Waals surface area contributed by atoms with Crippen molar-refractivity contribution in [1.29, 1.82) is 0 Å². The number of aryl methyl sites for hydroxylation is 1. The van der Waals surface area contributed by atoms with Crippen molar-refractivity contribution in [3.63, 3.8) is 0 Å². The van der Waals surface area contributed by atoms with Gasteiger partial charge >= 0.3 is 0 Å². The topological polar surface area (TPSA) is 38.9 Å². The second kappa shape index (κ2) is 4.03. The number of aromatic nitrogens is 2. The first-order valence-corrected chi connectivity index (χ1v) is 5.21. The van der Waals surface area contributed by atoms with E-state index in [1.54, 1.807) is 0 Å². The van der Waals surface area contributed by atoms with Gasteiger partial charge in [0.15, 0.2) is 5.82 Å². The van der Waals surface area contributed by atoms with E-state index < -0.39 is 0 Å². The second-order valence-electron chi connectivity index (χ2n) is 3.40. The van der Waals surface area contributed by atoms with E-state index in [9.17, 15) is 0 Å². The molecule has 1 aromatic carbocycles. The van der Waals surface area contributed by atoms with Crippen LogP contribution < -0.4 is 0 Å². The maximum Gasteiger partial charge on any atom is 0.258 e. The zero-order chi connectivity index (χ0) is 10.8. The summed E-state index contributed by atoms with van der Waals surface area (Å²) in [4.78, 5) is 4.19. The first-order chi connectivity index (χ1) is 7.22. The summed E-state index contributed by atoms with van der Waals surface area (Å²) >= 11 is 5.61. The Labute approximate surface area is 93.1 Å². The van der Waals surface area contributed by atoms with E-state index in [-0.39, 0.29) is 5.88 Å². The predicted molar refractivity (Wildman–Crippen MR) is 58.8 cm³/mol. The summed E-state index contributed by atoms with van der Waals surface area (Å²) in [5, 5.41) is 3.76. The fraction of sp³-hybridized carbons (Fsp3) is 0.273. The lowest BCUT2D eigenvalue weighted by atomic mass is 10.0. The van der Waals surface area contributed by atoms with Crippen LogP contribution in [0.15, 0.2) is 22.7 Å². The predicted octanol–water partition coefficient (Wildman–Crippen LogP) is 3.09. The van der Waals surface area contributed by atoms with E-state index in [2.05, 4.69) is 23.1 Å². The van der Waals surface area contributed by atoms with E-state index in [4.69, 9.17) is 16.1 Å². The number of halogens is 1. The van der Waals surface area contributed by atoms with Gasteiger partial charge in [-0.25, -0.2) is 0 Å². The lowest BCUT2D eigenvalue weighted by molar-refractivity contribution is 0.424. The molecule has 2 aromatic rings.